The molecule has 21 heavy (non-hydrogen) atoms. The van der Waals surface area contributed by atoms with Gasteiger partial charge < -0.3 is 20.1 Å². The van der Waals surface area contributed by atoms with E-state index >= 15 is 0 Å². The summed E-state index contributed by atoms with van der Waals surface area (Å²) in [5.74, 6) is 1.51. The highest BCUT2D eigenvalue weighted by Crippen LogP contribution is 2.13. The third-order valence-electron chi connectivity index (χ3n) is 2.57. The van der Waals surface area contributed by atoms with Crippen LogP contribution in [0.2, 0.25) is 0 Å². The van der Waals surface area contributed by atoms with Crippen LogP contribution in [-0.4, -0.2) is 41.7 Å². The third kappa shape index (κ3) is 5.95. The molecule has 0 aromatic carbocycles. The van der Waals surface area contributed by atoms with Crippen molar-refractivity contribution in [3.8, 4) is 0 Å². The fraction of sp³-hybridized carbons (Fsp3) is 0.643. The molecule has 0 aliphatic carbocycles. The number of rotatable bonds is 9. The molecule has 1 rings (SSSR count). The minimum atomic E-state index is -0.478. The molecule has 0 radical (unpaired) electrons. The molecule has 0 saturated heterocycles. The molecule has 0 fully saturated rings. The topological polar surface area (TPSA) is 85.4 Å². The summed E-state index contributed by atoms with van der Waals surface area (Å²) in [7, 11) is 0. The summed E-state index contributed by atoms with van der Waals surface area (Å²) >= 11 is 0. The lowest BCUT2D eigenvalue weighted by atomic mass is 10.3. The summed E-state index contributed by atoms with van der Waals surface area (Å²) in [6.45, 7) is 9.43. The Bertz CT molecular complexity index is 454. The molecule has 7 heteroatoms. The summed E-state index contributed by atoms with van der Waals surface area (Å²) in [5.41, 5.74) is 0. The van der Waals surface area contributed by atoms with E-state index in [1.54, 1.807) is 19.9 Å². The third-order valence-corrected chi connectivity index (χ3v) is 2.57. The first kappa shape index (κ1) is 17.2. The van der Waals surface area contributed by atoms with Crippen molar-refractivity contribution >= 4 is 17.6 Å². The standard InChI is InChI=1S/C14H24N4O3/c1-5-15-11-8-12(16-10(4)14(19)21-7-3)18-13(17-11)9-20-6-2/h8,10H,5-7,9H2,1-4H3,(H2,15,16,17,18). The lowest BCUT2D eigenvalue weighted by Gasteiger charge is -2.15. The van der Waals surface area contributed by atoms with Crippen LogP contribution in [0.3, 0.4) is 0 Å². The number of ether oxygens (including phenoxy) is 2. The Morgan fingerprint density at radius 3 is 2.57 bits per heavy atom. The van der Waals surface area contributed by atoms with Gasteiger partial charge >= 0.3 is 5.97 Å². The van der Waals surface area contributed by atoms with Gasteiger partial charge in [0, 0.05) is 19.2 Å². The number of aromatic nitrogens is 2. The van der Waals surface area contributed by atoms with Gasteiger partial charge in [-0.05, 0) is 27.7 Å². The highest BCUT2D eigenvalue weighted by molar-refractivity contribution is 5.78. The summed E-state index contributed by atoms with van der Waals surface area (Å²) in [6.07, 6.45) is 0. The molecule has 0 aliphatic heterocycles. The molecule has 2 N–H and O–H groups in total. The molecule has 0 amide bonds. The van der Waals surface area contributed by atoms with E-state index in [4.69, 9.17) is 9.47 Å². The maximum atomic E-state index is 11.6. The smallest absolute Gasteiger partial charge is 0.328 e. The van der Waals surface area contributed by atoms with E-state index in [2.05, 4.69) is 20.6 Å². The summed E-state index contributed by atoms with van der Waals surface area (Å²) in [5, 5.41) is 6.15. The normalized spacial score (nSPS) is 11.8. The highest BCUT2D eigenvalue weighted by Gasteiger charge is 2.15. The zero-order chi connectivity index (χ0) is 15.7. The summed E-state index contributed by atoms with van der Waals surface area (Å²) < 4.78 is 10.3. The lowest BCUT2D eigenvalue weighted by molar-refractivity contribution is -0.143. The molecular weight excluding hydrogens is 272 g/mol. The second kappa shape index (κ2) is 9.12. The quantitative estimate of drug-likeness (QED) is 0.672. The van der Waals surface area contributed by atoms with E-state index in [1.165, 1.54) is 0 Å². The van der Waals surface area contributed by atoms with Gasteiger partial charge in [-0.3, -0.25) is 0 Å². The van der Waals surface area contributed by atoms with Crippen LogP contribution in [0.4, 0.5) is 11.6 Å². The van der Waals surface area contributed by atoms with Crippen LogP contribution in [0.5, 0.6) is 0 Å². The first-order valence-corrected chi connectivity index (χ1v) is 7.23. The van der Waals surface area contributed by atoms with Crippen LogP contribution in [-0.2, 0) is 20.9 Å². The van der Waals surface area contributed by atoms with Crippen LogP contribution in [0.1, 0.15) is 33.5 Å². The second-order valence-electron chi connectivity index (χ2n) is 4.34. The van der Waals surface area contributed by atoms with E-state index in [0.29, 0.717) is 37.3 Å². The van der Waals surface area contributed by atoms with Gasteiger partial charge in [0.15, 0.2) is 5.82 Å². The molecule has 118 valence electrons. The van der Waals surface area contributed by atoms with Gasteiger partial charge in [0.05, 0.1) is 6.61 Å². The number of nitrogens with zero attached hydrogens (tertiary/aromatic N) is 2. The molecule has 7 nitrogen and oxygen atoms in total. The van der Waals surface area contributed by atoms with Crippen molar-refractivity contribution in [1.82, 2.24) is 9.97 Å². The molecular formula is C14H24N4O3. The second-order valence-corrected chi connectivity index (χ2v) is 4.34. The van der Waals surface area contributed by atoms with Crippen molar-refractivity contribution in [3.63, 3.8) is 0 Å². The van der Waals surface area contributed by atoms with Crippen molar-refractivity contribution in [2.45, 2.75) is 40.3 Å². The number of esters is 1. The average molecular weight is 296 g/mol. The zero-order valence-corrected chi connectivity index (χ0v) is 13.1. The molecule has 0 aliphatic rings. The summed E-state index contributed by atoms with van der Waals surface area (Å²) in [4.78, 5) is 20.3. The number of hydrogen-bond acceptors (Lipinski definition) is 7. The number of nitrogens with one attached hydrogen (secondary N) is 2. The number of carbonyl (C=O) groups is 1. The Labute approximate surface area is 125 Å². The molecule has 0 spiro atoms. The first-order chi connectivity index (χ1) is 10.1. The fourth-order valence-electron chi connectivity index (χ4n) is 1.65. The van der Waals surface area contributed by atoms with Crippen molar-refractivity contribution in [3.05, 3.63) is 11.9 Å². The fourth-order valence-corrected chi connectivity index (χ4v) is 1.65. The van der Waals surface area contributed by atoms with Crippen LogP contribution in [0.25, 0.3) is 0 Å². The predicted molar refractivity (Wildman–Crippen MR) is 81.2 cm³/mol. The SMILES string of the molecule is CCNc1cc(NC(C)C(=O)OCC)nc(COCC)n1. The van der Waals surface area contributed by atoms with E-state index in [9.17, 15) is 4.79 Å². The van der Waals surface area contributed by atoms with E-state index in [-0.39, 0.29) is 5.97 Å². The van der Waals surface area contributed by atoms with Gasteiger partial charge in [0.1, 0.15) is 24.3 Å². The highest BCUT2D eigenvalue weighted by atomic mass is 16.5. The Balaban J connectivity index is 2.83. The first-order valence-electron chi connectivity index (χ1n) is 7.23. The van der Waals surface area contributed by atoms with Gasteiger partial charge in [-0.2, -0.15) is 0 Å². The Kier molecular flexibility index (Phi) is 7.45. The van der Waals surface area contributed by atoms with Crippen molar-refractivity contribution in [1.29, 1.82) is 0 Å². The monoisotopic (exact) mass is 296 g/mol. The minimum absolute atomic E-state index is 0.313. The van der Waals surface area contributed by atoms with Crippen LogP contribution in [0.15, 0.2) is 6.07 Å². The zero-order valence-electron chi connectivity index (χ0n) is 13.1. The largest absolute Gasteiger partial charge is 0.464 e. The van der Waals surface area contributed by atoms with Gasteiger partial charge in [-0.15, -0.1) is 0 Å². The Morgan fingerprint density at radius 1 is 1.24 bits per heavy atom. The maximum absolute atomic E-state index is 11.6. The van der Waals surface area contributed by atoms with Crippen LogP contribution < -0.4 is 10.6 Å². The van der Waals surface area contributed by atoms with Crippen molar-refractivity contribution < 1.29 is 14.3 Å². The Hall–Kier alpha value is -1.89. The molecule has 0 saturated carbocycles. The molecule has 0 bridgehead atoms. The van der Waals surface area contributed by atoms with Crippen molar-refractivity contribution in [2.75, 3.05) is 30.4 Å². The minimum Gasteiger partial charge on any atom is -0.464 e. The number of hydrogen-bond donors (Lipinski definition) is 2. The van der Waals surface area contributed by atoms with E-state index in [0.717, 1.165) is 6.54 Å². The Morgan fingerprint density at radius 2 is 1.95 bits per heavy atom. The average Bonchev–Trinajstić information content (AvgIpc) is 2.45. The van der Waals surface area contributed by atoms with Gasteiger partial charge in [0.25, 0.3) is 0 Å². The lowest BCUT2D eigenvalue weighted by Crippen LogP contribution is -2.28. The van der Waals surface area contributed by atoms with E-state index < -0.39 is 6.04 Å². The maximum Gasteiger partial charge on any atom is 0.328 e. The van der Waals surface area contributed by atoms with Crippen LogP contribution >= 0.6 is 0 Å². The number of anilines is 2. The molecule has 1 heterocycles. The van der Waals surface area contributed by atoms with Gasteiger partial charge in [0.2, 0.25) is 0 Å². The van der Waals surface area contributed by atoms with Crippen LogP contribution in [0, 0.1) is 0 Å². The van der Waals surface area contributed by atoms with Crippen molar-refractivity contribution in [2.24, 2.45) is 0 Å². The molecule has 1 atom stereocenters. The van der Waals surface area contributed by atoms with Gasteiger partial charge in [-0.1, -0.05) is 0 Å². The van der Waals surface area contributed by atoms with E-state index in [1.807, 2.05) is 13.8 Å². The van der Waals surface area contributed by atoms with Gasteiger partial charge in [-0.25, -0.2) is 14.8 Å². The molecule has 1 aromatic heterocycles. The molecule has 1 unspecified atom stereocenters. The molecule has 1 aromatic rings. The predicted octanol–water partition coefficient (Wildman–Crippen LogP) is 1.81. The number of carbonyl (C=O) groups excluding carboxylic acids is 1. The summed E-state index contributed by atoms with van der Waals surface area (Å²) in [6, 6.07) is 1.28.